The predicted octanol–water partition coefficient (Wildman–Crippen LogP) is 3.37. The Morgan fingerprint density at radius 1 is 1.28 bits per heavy atom. The van der Waals surface area contributed by atoms with E-state index < -0.39 is 6.10 Å². The highest BCUT2D eigenvalue weighted by Crippen LogP contribution is 2.27. The van der Waals surface area contributed by atoms with Gasteiger partial charge in [0.1, 0.15) is 0 Å². The maximum atomic E-state index is 10.1. The zero-order valence-corrected chi connectivity index (χ0v) is 12.3. The van der Waals surface area contributed by atoms with E-state index in [2.05, 4.69) is 25.9 Å². The number of aliphatic hydroxyl groups excluding tert-OH is 1. The van der Waals surface area contributed by atoms with E-state index in [1.807, 2.05) is 31.2 Å². The van der Waals surface area contributed by atoms with Gasteiger partial charge in [-0.2, -0.15) is 0 Å². The first kappa shape index (κ1) is 13.5. The monoisotopic (exact) mass is 324 g/mol. The summed E-state index contributed by atoms with van der Waals surface area (Å²) < 4.78 is 0.919. The average molecular weight is 325 g/mol. The third kappa shape index (κ3) is 3.54. The lowest BCUT2D eigenvalue weighted by atomic mass is 10.1. The molecule has 1 aromatic heterocycles. The van der Waals surface area contributed by atoms with Gasteiger partial charge in [0.25, 0.3) is 0 Å². The average Bonchev–Trinajstić information content (AvgIpc) is 2.38. The van der Waals surface area contributed by atoms with E-state index in [1.54, 1.807) is 12.4 Å². The molecule has 5 heteroatoms. The fourth-order valence-corrected chi connectivity index (χ4v) is 2.73. The van der Waals surface area contributed by atoms with Crippen LogP contribution in [0.4, 0.5) is 0 Å². The molecule has 2 rings (SSSR count). The fourth-order valence-electron chi connectivity index (χ4n) is 1.44. The first-order valence-corrected chi connectivity index (χ1v) is 7.28. The van der Waals surface area contributed by atoms with Gasteiger partial charge in [0.05, 0.1) is 6.10 Å². The van der Waals surface area contributed by atoms with Gasteiger partial charge in [-0.15, -0.1) is 0 Å². The molecule has 3 nitrogen and oxygen atoms in total. The summed E-state index contributed by atoms with van der Waals surface area (Å²) in [5.74, 6) is 0.533. The largest absolute Gasteiger partial charge is 0.387 e. The van der Waals surface area contributed by atoms with Crippen LogP contribution in [0.2, 0.25) is 0 Å². The van der Waals surface area contributed by atoms with Crippen LogP contribution in [-0.2, 0) is 0 Å². The number of thioether (sulfide) groups is 1. The Bertz CT molecular complexity index is 519. The lowest BCUT2D eigenvalue weighted by Crippen LogP contribution is -2.02. The van der Waals surface area contributed by atoms with Gasteiger partial charge in [0, 0.05) is 22.6 Å². The number of benzene rings is 1. The molecule has 1 atom stereocenters. The van der Waals surface area contributed by atoms with E-state index in [4.69, 9.17) is 0 Å². The third-order valence-corrected chi connectivity index (χ3v) is 4.07. The number of rotatable bonds is 4. The van der Waals surface area contributed by atoms with E-state index in [-0.39, 0.29) is 0 Å². The Kier molecular flexibility index (Phi) is 4.74. The maximum absolute atomic E-state index is 10.1. The molecule has 1 unspecified atom stereocenters. The normalized spacial score (nSPS) is 12.4. The molecule has 0 bridgehead atoms. The van der Waals surface area contributed by atoms with Gasteiger partial charge < -0.3 is 5.11 Å². The van der Waals surface area contributed by atoms with Crippen molar-refractivity contribution >= 4 is 27.7 Å². The van der Waals surface area contributed by atoms with Crippen LogP contribution in [0.3, 0.4) is 0 Å². The lowest BCUT2D eigenvalue weighted by Gasteiger charge is -2.11. The zero-order valence-electron chi connectivity index (χ0n) is 9.88. The van der Waals surface area contributed by atoms with E-state index >= 15 is 0 Å². The zero-order chi connectivity index (χ0) is 13.0. The van der Waals surface area contributed by atoms with Gasteiger partial charge in [0.15, 0.2) is 5.16 Å². The van der Waals surface area contributed by atoms with Crippen molar-refractivity contribution in [1.82, 2.24) is 9.97 Å². The molecule has 18 heavy (non-hydrogen) atoms. The van der Waals surface area contributed by atoms with E-state index in [9.17, 15) is 5.11 Å². The predicted molar refractivity (Wildman–Crippen MR) is 76.6 cm³/mol. The SMILES string of the molecule is Cc1cnc(SCC(O)c2ccccc2Br)nc1. The van der Waals surface area contributed by atoms with Crippen LogP contribution in [0.25, 0.3) is 0 Å². The molecule has 1 aromatic carbocycles. The molecule has 0 fully saturated rings. The molecule has 0 aliphatic rings. The topological polar surface area (TPSA) is 46.0 Å². The van der Waals surface area contributed by atoms with Crippen LogP contribution in [0.5, 0.6) is 0 Å². The second kappa shape index (κ2) is 6.31. The fraction of sp³-hybridized carbons (Fsp3) is 0.231. The van der Waals surface area contributed by atoms with Crippen LogP contribution in [0.15, 0.2) is 46.3 Å². The van der Waals surface area contributed by atoms with Crippen molar-refractivity contribution < 1.29 is 5.11 Å². The van der Waals surface area contributed by atoms with Crippen molar-refractivity contribution in [2.45, 2.75) is 18.2 Å². The number of nitrogens with zero attached hydrogens (tertiary/aromatic N) is 2. The molecule has 94 valence electrons. The molecule has 0 saturated carbocycles. The van der Waals surface area contributed by atoms with Gasteiger partial charge in [-0.05, 0) is 24.1 Å². The molecule has 0 saturated heterocycles. The number of hydrogen-bond acceptors (Lipinski definition) is 4. The van der Waals surface area contributed by atoms with E-state index in [0.717, 1.165) is 15.6 Å². The summed E-state index contributed by atoms with van der Waals surface area (Å²) in [7, 11) is 0. The van der Waals surface area contributed by atoms with Crippen molar-refractivity contribution in [3.05, 3.63) is 52.3 Å². The van der Waals surface area contributed by atoms with Crippen LogP contribution < -0.4 is 0 Å². The first-order chi connectivity index (χ1) is 8.66. The van der Waals surface area contributed by atoms with E-state index in [0.29, 0.717) is 10.9 Å². The summed E-state index contributed by atoms with van der Waals surface area (Å²) in [6.07, 6.45) is 3.02. The minimum absolute atomic E-state index is 0.532. The Hall–Kier alpha value is -0.910. The molecule has 0 amide bonds. The van der Waals surface area contributed by atoms with Crippen molar-refractivity contribution in [3.8, 4) is 0 Å². The molecule has 0 aliphatic heterocycles. The van der Waals surface area contributed by atoms with Gasteiger partial charge in [0.2, 0.25) is 0 Å². The minimum atomic E-state index is -0.532. The van der Waals surface area contributed by atoms with Gasteiger partial charge >= 0.3 is 0 Å². The van der Waals surface area contributed by atoms with Gasteiger partial charge in [-0.25, -0.2) is 9.97 Å². The molecule has 1 heterocycles. The summed E-state index contributed by atoms with van der Waals surface area (Å²) in [5, 5.41) is 10.8. The highest BCUT2D eigenvalue weighted by molar-refractivity contribution is 9.10. The Labute approximate surface area is 119 Å². The maximum Gasteiger partial charge on any atom is 0.187 e. The van der Waals surface area contributed by atoms with Crippen molar-refractivity contribution in [2.24, 2.45) is 0 Å². The molecule has 0 aliphatic carbocycles. The molecule has 0 spiro atoms. The Morgan fingerprint density at radius 2 is 1.94 bits per heavy atom. The summed E-state index contributed by atoms with van der Waals surface area (Å²) in [5.41, 5.74) is 1.92. The van der Waals surface area contributed by atoms with Crippen LogP contribution >= 0.6 is 27.7 Å². The summed E-state index contributed by atoms with van der Waals surface area (Å²) >= 11 is 4.88. The molecular formula is C13H13BrN2OS. The smallest absolute Gasteiger partial charge is 0.187 e. The summed E-state index contributed by atoms with van der Waals surface area (Å²) in [6.45, 7) is 1.95. The lowest BCUT2D eigenvalue weighted by molar-refractivity contribution is 0.203. The number of aromatic nitrogens is 2. The summed E-state index contributed by atoms with van der Waals surface area (Å²) in [4.78, 5) is 8.39. The van der Waals surface area contributed by atoms with Crippen LogP contribution in [-0.4, -0.2) is 20.8 Å². The second-order valence-corrected chi connectivity index (χ2v) is 5.73. The number of halogens is 1. The Morgan fingerprint density at radius 3 is 2.61 bits per heavy atom. The van der Waals surface area contributed by atoms with E-state index in [1.165, 1.54) is 11.8 Å². The molecule has 2 aromatic rings. The molecular weight excluding hydrogens is 312 g/mol. The molecule has 1 N–H and O–H groups in total. The number of aryl methyl sites for hydroxylation is 1. The Balaban J connectivity index is 1.98. The van der Waals surface area contributed by atoms with Gasteiger partial charge in [-0.1, -0.05) is 45.9 Å². The van der Waals surface area contributed by atoms with Crippen molar-refractivity contribution in [1.29, 1.82) is 0 Å². The minimum Gasteiger partial charge on any atom is -0.387 e. The molecule has 0 radical (unpaired) electrons. The van der Waals surface area contributed by atoms with Crippen LogP contribution in [0.1, 0.15) is 17.2 Å². The number of aliphatic hydroxyl groups is 1. The van der Waals surface area contributed by atoms with Crippen LogP contribution in [0, 0.1) is 6.92 Å². The van der Waals surface area contributed by atoms with Gasteiger partial charge in [-0.3, -0.25) is 0 Å². The number of hydrogen-bond donors (Lipinski definition) is 1. The highest BCUT2D eigenvalue weighted by atomic mass is 79.9. The first-order valence-electron chi connectivity index (χ1n) is 5.51. The van der Waals surface area contributed by atoms with Crippen molar-refractivity contribution in [3.63, 3.8) is 0 Å². The summed E-state index contributed by atoms with van der Waals surface area (Å²) in [6, 6.07) is 7.67. The third-order valence-electron chi connectivity index (χ3n) is 2.39. The second-order valence-electron chi connectivity index (χ2n) is 3.89. The highest BCUT2D eigenvalue weighted by Gasteiger charge is 2.11. The van der Waals surface area contributed by atoms with Crippen molar-refractivity contribution in [2.75, 3.05) is 5.75 Å². The standard InChI is InChI=1S/C13H13BrN2OS/c1-9-6-15-13(16-7-9)18-8-12(17)10-4-2-3-5-11(10)14/h2-7,12,17H,8H2,1H3. The quantitative estimate of drug-likeness (QED) is 0.691.